The zero-order chi connectivity index (χ0) is 13.8. The van der Waals surface area contributed by atoms with Gasteiger partial charge in [-0.1, -0.05) is 0 Å². The van der Waals surface area contributed by atoms with Crippen molar-refractivity contribution in [3.8, 4) is 0 Å². The van der Waals surface area contributed by atoms with E-state index < -0.39 is 5.97 Å². The summed E-state index contributed by atoms with van der Waals surface area (Å²) in [4.78, 5) is 22.1. The lowest BCUT2D eigenvalue weighted by Crippen LogP contribution is -2.32. The van der Waals surface area contributed by atoms with Crippen LogP contribution in [0, 0.1) is 12.8 Å². The minimum atomic E-state index is -1.06. The molecule has 0 saturated heterocycles. The van der Waals surface area contributed by atoms with Crippen LogP contribution in [-0.2, 0) is 11.3 Å². The van der Waals surface area contributed by atoms with Crippen LogP contribution in [0.1, 0.15) is 34.7 Å². The summed E-state index contributed by atoms with van der Waals surface area (Å²) < 4.78 is 5.20. The largest absolute Gasteiger partial charge is 0.475 e. The Morgan fingerprint density at radius 2 is 2.16 bits per heavy atom. The number of aryl methyl sites for hydroxylation is 1. The van der Waals surface area contributed by atoms with E-state index in [1.54, 1.807) is 13.0 Å². The third-order valence-corrected chi connectivity index (χ3v) is 3.01. The van der Waals surface area contributed by atoms with Crippen molar-refractivity contribution in [3.05, 3.63) is 23.2 Å². The molecule has 0 radical (unpaired) electrons. The highest BCUT2D eigenvalue weighted by Crippen LogP contribution is 2.28. The maximum atomic E-state index is 11.3. The normalized spacial score (nSPS) is 14.4. The summed E-state index contributed by atoms with van der Waals surface area (Å²) in [6.45, 7) is 3.35. The summed E-state index contributed by atoms with van der Waals surface area (Å²) in [6, 6.07) is 1.71. The van der Waals surface area contributed by atoms with Crippen LogP contribution in [0.15, 0.2) is 10.5 Å². The third kappa shape index (κ3) is 3.82. The first kappa shape index (κ1) is 13.6. The van der Waals surface area contributed by atoms with E-state index in [1.165, 1.54) is 0 Å². The molecule has 0 unspecified atom stereocenters. The highest BCUT2D eigenvalue weighted by atomic mass is 16.4. The first-order valence-corrected chi connectivity index (χ1v) is 6.39. The molecule has 1 heterocycles. The number of furan rings is 1. The lowest BCUT2D eigenvalue weighted by molar-refractivity contribution is -0.122. The van der Waals surface area contributed by atoms with Crippen molar-refractivity contribution in [2.75, 3.05) is 13.1 Å². The fraction of sp³-hybridized carbons (Fsp3) is 0.538. The van der Waals surface area contributed by atoms with Crippen molar-refractivity contribution in [3.63, 3.8) is 0 Å². The number of aromatic carboxylic acids is 1. The van der Waals surface area contributed by atoms with Gasteiger partial charge >= 0.3 is 5.97 Å². The number of nitrogens with one attached hydrogen (secondary N) is 2. The Morgan fingerprint density at radius 1 is 1.42 bits per heavy atom. The van der Waals surface area contributed by atoms with Gasteiger partial charge in [-0.15, -0.1) is 0 Å². The number of hydrogen-bond donors (Lipinski definition) is 3. The molecule has 0 aromatic carbocycles. The quantitative estimate of drug-likeness (QED) is 0.638. The fourth-order valence-electron chi connectivity index (χ4n) is 1.82. The van der Waals surface area contributed by atoms with Crippen LogP contribution in [0.3, 0.4) is 0 Å². The smallest absolute Gasteiger partial charge is 0.372 e. The molecule has 6 heteroatoms. The molecule has 1 saturated carbocycles. The Balaban J connectivity index is 1.66. The third-order valence-electron chi connectivity index (χ3n) is 3.01. The van der Waals surface area contributed by atoms with Crippen LogP contribution < -0.4 is 10.6 Å². The molecule has 0 spiro atoms. The predicted molar refractivity (Wildman–Crippen MR) is 67.8 cm³/mol. The number of carboxylic acid groups (broad SMARTS) is 1. The number of rotatable bonds is 7. The number of hydrogen-bond acceptors (Lipinski definition) is 4. The summed E-state index contributed by atoms with van der Waals surface area (Å²) in [5, 5.41) is 14.8. The fourth-order valence-corrected chi connectivity index (χ4v) is 1.82. The molecule has 1 aromatic rings. The monoisotopic (exact) mass is 266 g/mol. The van der Waals surface area contributed by atoms with Crippen molar-refractivity contribution in [1.82, 2.24) is 10.6 Å². The Hall–Kier alpha value is -1.82. The molecule has 0 atom stereocenters. The maximum absolute atomic E-state index is 11.3. The molecule has 3 N–H and O–H groups in total. The summed E-state index contributed by atoms with van der Waals surface area (Å²) >= 11 is 0. The van der Waals surface area contributed by atoms with Gasteiger partial charge in [0.25, 0.3) is 0 Å². The van der Waals surface area contributed by atoms with Gasteiger partial charge < -0.3 is 20.2 Å². The molecule has 1 aliphatic rings. The molecule has 1 aromatic heterocycles. The van der Waals surface area contributed by atoms with E-state index in [4.69, 9.17) is 9.52 Å². The molecule has 19 heavy (non-hydrogen) atoms. The van der Waals surface area contributed by atoms with Crippen molar-refractivity contribution < 1.29 is 19.1 Å². The van der Waals surface area contributed by atoms with Crippen LogP contribution >= 0.6 is 0 Å². The van der Waals surface area contributed by atoms with E-state index in [1.807, 2.05) is 0 Å². The summed E-state index contributed by atoms with van der Waals surface area (Å²) in [6.07, 6.45) is 2.01. The SMILES string of the molecule is Cc1cc(CNCCNC(=O)C2CC2)oc1C(=O)O. The average Bonchev–Trinajstić information content (AvgIpc) is 3.13. The molecule has 0 bridgehead atoms. The van der Waals surface area contributed by atoms with Crippen LogP contribution in [0.25, 0.3) is 0 Å². The molecular formula is C13H18N2O4. The molecule has 104 valence electrons. The first-order chi connectivity index (χ1) is 9.08. The van der Waals surface area contributed by atoms with E-state index >= 15 is 0 Å². The van der Waals surface area contributed by atoms with Crippen LogP contribution in [0.5, 0.6) is 0 Å². The van der Waals surface area contributed by atoms with Gasteiger partial charge in [0.2, 0.25) is 11.7 Å². The average molecular weight is 266 g/mol. The minimum Gasteiger partial charge on any atom is -0.475 e. The zero-order valence-electron chi connectivity index (χ0n) is 10.9. The van der Waals surface area contributed by atoms with Crippen LogP contribution in [-0.4, -0.2) is 30.1 Å². The van der Waals surface area contributed by atoms with Gasteiger partial charge in [0.15, 0.2) is 0 Å². The Morgan fingerprint density at radius 3 is 2.74 bits per heavy atom. The second kappa shape index (κ2) is 5.88. The van der Waals surface area contributed by atoms with Gasteiger partial charge in [-0.25, -0.2) is 4.79 Å². The lowest BCUT2D eigenvalue weighted by Gasteiger charge is -2.04. The maximum Gasteiger partial charge on any atom is 0.372 e. The molecule has 1 amide bonds. The standard InChI is InChI=1S/C13H18N2O4/c1-8-6-10(19-11(8)13(17)18)7-14-4-5-15-12(16)9-2-3-9/h6,9,14H,2-5,7H2,1H3,(H,15,16)(H,17,18). The predicted octanol–water partition coefficient (Wildman–Crippen LogP) is 0.902. The number of carbonyl (C=O) groups is 2. The Labute approximate surface area is 111 Å². The van der Waals surface area contributed by atoms with Crippen molar-refractivity contribution in [2.45, 2.75) is 26.3 Å². The summed E-state index contributed by atoms with van der Waals surface area (Å²) in [5.41, 5.74) is 0.617. The van der Waals surface area contributed by atoms with Gasteiger partial charge in [-0.05, 0) is 25.8 Å². The second-order valence-electron chi connectivity index (χ2n) is 4.77. The van der Waals surface area contributed by atoms with E-state index in [0.717, 1.165) is 12.8 Å². The zero-order valence-corrected chi connectivity index (χ0v) is 10.9. The molecular weight excluding hydrogens is 248 g/mol. The van der Waals surface area contributed by atoms with Gasteiger partial charge in [-0.2, -0.15) is 0 Å². The number of carbonyl (C=O) groups excluding carboxylic acids is 1. The van der Waals surface area contributed by atoms with E-state index in [0.29, 0.717) is 31.0 Å². The number of amides is 1. The molecule has 6 nitrogen and oxygen atoms in total. The highest BCUT2D eigenvalue weighted by Gasteiger charge is 2.28. The summed E-state index contributed by atoms with van der Waals surface area (Å²) in [5.74, 6) is -0.127. The minimum absolute atomic E-state index is 0.0150. The molecule has 2 rings (SSSR count). The van der Waals surface area contributed by atoms with Gasteiger partial charge in [0, 0.05) is 24.6 Å². The molecule has 0 aliphatic heterocycles. The van der Waals surface area contributed by atoms with E-state index in [-0.39, 0.29) is 17.6 Å². The second-order valence-corrected chi connectivity index (χ2v) is 4.77. The Kier molecular flexibility index (Phi) is 4.21. The van der Waals surface area contributed by atoms with Gasteiger partial charge in [0.1, 0.15) is 5.76 Å². The molecule has 1 fully saturated rings. The van der Waals surface area contributed by atoms with Gasteiger partial charge in [-0.3, -0.25) is 4.79 Å². The van der Waals surface area contributed by atoms with Crippen LogP contribution in [0.4, 0.5) is 0 Å². The van der Waals surface area contributed by atoms with Crippen LogP contribution in [0.2, 0.25) is 0 Å². The molecule has 1 aliphatic carbocycles. The first-order valence-electron chi connectivity index (χ1n) is 6.39. The lowest BCUT2D eigenvalue weighted by atomic mass is 10.2. The van der Waals surface area contributed by atoms with Gasteiger partial charge in [0.05, 0.1) is 6.54 Å². The van der Waals surface area contributed by atoms with Crippen molar-refractivity contribution >= 4 is 11.9 Å². The van der Waals surface area contributed by atoms with E-state index in [9.17, 15) is 9.59 Å². The topological polar surface area (TPSA) is 91.6 Å². The number of carboxylic acids is 1. The van der Waals surface area contributed by atoms with E-state index in [2.05, 4.69) is 10.6 Å². The highest BCUT2D eigenvalue weighted by molar-refractivity contribution is 5.86. The van der Waals surface area contributed by atoms with Crippen molar-refractivity contribution in [2.24, 2.45) is 5.92 Å². The summed E-state index contributed by atoms with van der Waals surface area (Å²) in [7, 11) is 0. The van der Waals surface area contributed by atoms with Crippen molar-refractivity contribution in [1.29, 1.82) is 0 Å². The Bertz CT molecular complexity index is 477.